The molecule has 0 amide bonds. The minimum Gasteiger partial charge on any atom is -0.391 e. The second kappa shape index (κ2) is 3.67. The summed E-state index contributed by atoms with van der Waals surface area (Å²) in [7, 11) is 1.68. The van der Waals surface area contributed by atoms with E-state index in [-0.39, 0.29) is 19.2 Å². The average Bonchev–Trinajstić information content (AvgIpc) is 2.00. The largest absolute Gasteiger partial charge is 0.391 e. The molecule has 0 spiro atoms. The molecule has 78 valence electrons. The normalized spacial score (nSPS) is 33.8. The van der Waals surface area contributed by atoms with Gasteiger partial charge in [-0.1, -0.05) is 0 Å². The number of morpholine rings is 1. The van der Waals surface area contributed by atoms with Crippen molar-refractivity contribution >= 4 is 11.9 Å². The first kappa shape index (κ1) is 9.61. The van der Waals surface area contributed by atoms with Crippen LogP contribution < -0.4 is 0 Å². The summed E-state index contributed by atoms with van der Waals surface area (Å²) in [6.45, 7) is 0.458. The Balaban J connectivity index is 1.86. The van der Waals surface area contributed by atoms with Crippen molar-refractivity contribution in [2.45, 2.75) is 25.0 Å². The number of rotatable bonds is 2. The number of esters is 2. The Morgan fingerprint density at radius 3 is 2.36 bits per heavy atom. The summed E-state index contributed by atoms with van der Waals surface area (Å²) in [4.78, 5) is 23.8. The number of carbonyl (C=O) groups excluding carboxylic acids is 2. The fourth-order valence-corrected chi connectivity index (χ4v) is 1.87. The Labute approximate surface area is 82.0 Å². The van der Waals surface area contributed by atoms with Crippen LogP contribution in [0, 0.1) is 0 Å². The summed E-state index contributed by atoms with van der Waals surface area (Å²) in [5.74, 6) is -0.885. The van der Waals surface area contributed by atoms with Gasteiger partial charge in [0.1, 0.15) is 0 Å². The van der Waals surface area contributed by atoms with E-state index in [1.807, 2.05) is 4.90 Å². The van der Waals surface area contributed by atoms with Crippen LogP contribution in [0.15, 0.2) is 0 Å². The molecule has 0 unspecified atom stereocenters. The van der Waals surface area contributed by atoms with E-state index >= 15 is 0 Å². The van der Waals surface area contributed by atoms with E-state index in [0.717, 1.165) is 12.8 Å². The molecule has 1 saturated heterocycles. The van der Waals surface area contributed by atoms with Gasteiger partial charge >= 0.3 is 11.9 Å². The summed E-state index contributed by atoms with van der Waals surface area (Å²) in [6, 6.07) is 0.303. The summed E-state index contributed by atoms with van der Waals surface area (Å²) >= 11 is 0. The molecule has 14 heavy (non-hydrogen) atoms. The molecule has 1 heterocycles. The lowest BCUT2D eigenvalue weighted by Gasteiger charge is -2.42. The lowest BCUT2D eigenvalue weighted by atomic mass is 9.87. The standard InChI is InChI=1S/C9H13NO4/c1-13-7-2-6(3-7)10-4-8(11)14-9(12)5-10/h6-7H,2-5H2,1H3. The van der Waals surface area contributed by atoms with Crippen molar-refractivity contribution in [1.82, 2.24) is 4.90 Å². The van der Waals surface area contributed by atoms with Gasteiger partial charge in [-0.05, 0) is 12.8 Å². The van der Waals surface area contributed by atoms with Crippen LogP contribution in [-0.4, -0.2) is 49.2 Å². The summed E-state index contributed by atoms with van der Waals surface area (Å²) in [6.07, 6.45) is 2.08. The molecule has 2 aliphatic rings. The van der Waals surface area contributed by atoms with E-state index in [1.54, 1.807) is 7.11 Å². The summed E-state index contributed by atoms with van der Waals surface area (Å²) in [5.41, 5.74) is 0. The zero-order chi connectivity index (χ0) is 10.1. The van der Waals surface area contributed by atoms with Crippen LogP contribution in [0.25, 0.3) is 0 Å². The van der Waals surface area contributed by atoms with Crippen LogP contribution in [0.2, 0.25) is 0 Å². The third-order valence-corrected chi connectivity index (χ3v) is 2.81. The molecule has 0 bridgehead atoms. The summed E-state index contributed by atoms with van der Waals surface area (Å²) < 4.78 is 9.57. The van der Waals surface area contributed by atoms with E-state index < -0.39 is 11.9 Å². The molecule has 2 rings (SSSR count). The van der Waals surface area contributed by atoms with Crippen LogP contribution in [-0.2, 0) is 19.1 Å². The van der Waals surface area contributed by atoms with Crippen molar-refractivity contribution in [1.29, 1.82) is 0 Å². The van der Waals surface area contributed by atoms with Gasteiger partial charge in [-0.15, -0.1) is 0 Å². The molecule has 0 aromatic rings. The lowest BCUT2D eigenvalue weighted by molar-refractivity contribution is -0.170. The monoisotopic (exact) mass is 199 g/mol. The van der Waals surface area contributed by atoms with Gasteiger partial charge in [0.05, 0.1) is 19.2 Å². The van der Waals surface area contributed by atoms with Gasteiger partial charge in [0.15, 0.2) is 0 Å². The van der Waals surface area contributed by atoms with E-state index in [2.05, 4.69) is 4.74 Å². The SMILES string of the molecule is COC1CC(N2CC(=O)OC(=O)C2)C1. The first-order valence-electron chi connectivity index (χ1n) is 4.69. The van der Waals surface area contributed by atoms with Crippen LogP contribution in [0.3, 0.4) is 0 Å². The molecular formula is C9H13NO4. The molecule has 0 N–H and O–H groups in total. The number of hydrogen-bond acceptors (Lipinski definition) is 5. The van der Waals surface area contributed by atoms with Gasteiger partial charge in [0.25, 0.3) is 0 Å². The maximum absolute atomic E-state index is 11.0. The Bertz CT molecular complexity index is 244. The predicted octanol–water partition coefficient (Wildman–Crippen LogP) is -0.451. The highest BCUT2D eigenvalue weighted by molar-refractivity contribution is 5.90. The first-order chi connectivity index (χ1) is 6.69. The van der Waals surface area contributed by atoms with Crippen LogP contribution >= 0.6 is 0 Å². The zero-order valence-electron chi connectivity index (χ0n) is 8.06. The van der Waals surface area contributed by atoms with Gasteiger partial charge in [-0.25, -0.2) is 0 Å². The van der Waals surface area contributed by atoms with Gasteiger partial charge in [0, 0.05) is 13.2 Å². The smallest absolute Gasteiger partial charge is 0.327 e. The van der Waals surface area contributed by atoms with Gasteiger partial charge in [-0.2, -0.15) is 0 Å². The third-order valence-electron chi connectivity index (χ3n) is 2.81. The zero-order valence-corrected chi connectivity index (χ0v) is 8.06. The Morgan fingerprint density at radius 1 is 1.29 bits per heavy atom. The van der Waals surface area contributed by atoms with Crippen molar-refractivity contribution in [2.24, 2.45) is 0 Å². The van der Waals surface area contributed by atoms with Crippen LogP contribution in [0.1, 0.15) is 12.8 Å². The minimum atomic E-state index is -0.442. The third kappa shape index (κ3) is 1.78. The Kier molecular flexibility index (Phi) is 2.52. The molecular weight excluding hydrogens is 186 g/mol. The van der Waals surface area contributed by atoms with Crippen molar-refractivity contribution in [3.8, 4) is 0 Å². The second-order valence-corrected chi connectivity index (χ2v) is 3.73. The number of hydrogen-bond donors (Lipinski definition) is 0. The van der Waals surface area contributed by atoms with E-state index in [1.165, 1.54) is 0 Å². The van der Waals surface area contributed by atoms with Crippen molar-refractivity contribution in [3.63, 3.8) is 0 Å². The van der Waals surface area contributed by atoms with Crippen molar-refractivity contribution in [3.05, 3.63) is 0 Å². The number of nitrogens with zero attached hydrogens (tertiary/aromatic N) is 1. The maximum Gasteiger partial charge on any atom is 0.327 e. The van der Waals surface area contributed by atoms with Crippen LogP contribution in [0.4, 0.5) is 0 Å². The van der Waals surface area contributed by atoms with Gasteiger partial charge < -0.3 is 9.47 Å². The predicted molar refractivity (Wildman–Crippen MR) is 46.5 cm³/mol. The molecule has 0 radical (unpaired) electrons. The highest BCUT2D eigenvalue weighted by Crippen LogP contribution is 2.28. The van der Waals surface area contributed by atoms with Crippen molar-refractivity contribution in [2.75, 3.05) is 20.2 Å². The van der Waals surface area contributed by atoms with E-state index in [0.29, 0.717) is 6.04 Å². The lowest BCUT2D eigenvalue weighted by Crippen LogP contribution is -2.54. The molecule has 5 heteroatoms. The molecule has 5 nitrogen and oxygen atoms in total. The van der Waals surface area contributed by atoms with Crippen molar-refractivity contribution < 1.29 is 19.1 Å². The second-order valence-electron chi connectivity index (χ2n) is 3.73. The molecule has 2 fully saturated rings. The fourth-order valence-electron chi connectivity index (χ4n) is 1.87. The van der Waals surface area contributed by atoms with Crippen LogP contribution in [0.5, 0.6) is 0 Å². The number of ether oxygens (including phenoxy) is 2. The van der Waals surface area contributed by atoms with E-state index in [9.17, 15) is 9.59 Å². The molecule has 0 aromatic carbocycles. The molecule has 0 aromatic heterocycles. The molecule has 1 aliphatic heterocycles. The number of carbonyl (C=O) groups is 2. The topological polar surface area (TPSA) is 55.8 Å². The van der Waals surface area contributed by atoms with E-state index in [4.69, 9.17) is 4.74 Å². The molecule has 0 atom stereocenters. The maximum atomic E-state index is 11.0. The quantitative estimate of drug-likeness (QED) is 0.445. The highest BCUT2D eigenvalue weighted by Gasteiger charge is 2.38. The van der Waals surface area contributed by atoms with Gasteiger partial charge in [0.2, 0.25) is 0 Å². The fraction of sp³-hybridized carbons (Fsp3) is 0.778. The number of cyclic esters (lactones) is 2. The Morgan fingerprint density at radius 2 is 1.86 bits per heavy atom. The summed E-state index contributed by atoms with van der Waals surface area (Å²) in [5, 5.41) is 0. The minimum absolute atomic E-state index is 0.229. The van der Waals surface area contributed by atoms with Gasteiger partial charge in [-0.3, -0.25) is 14.5 Å². The first-order valence-corrected chi connectivity index (χ1v) is 4.69. The average molecular weight is 199 g/mol. The Hall–Kier alpha value is -0.940. The number of methoxy groups -OCH3 is 1. The molecule has 1 saturated carbocycles. The molecule has 1 aliphatic carbocycles. The highest BCUT2D eigenvalue weighted by atomic mass is 16.6.